The molecule has 0 aliphatic carbocycles. The van der Waals surface area contributed by atoms with E-state index in [4.69, 9.17) is 0 Å². The minimum absolute atomic E-state index is 0.309. The lowest BCUT2D eigenvalue weighted by Gasteiger charge is -2.15. The Balaban J connectivity index is 2.42. The highest BCUT2D eigenvalue weighted by atomic mass is 32.1. The van der Waals surface area contributed by atoms with Crippen LogP contribution in [0.4, 0.5) is 5.13 Å². The van der Waals surface area contributed by atoms with Crippen molar-refractivity contribution >= 4 is 16.5 Å². The van der Waals surface area contributed by atoms with Gasteiger partial charge in [-0.2, -0.15) is 0 Å². The maximum atomic E-state index is 9.20. The van der Waals surface area contributed by atoms with Gasteiger partial charge in [-0.05, 0) is 20.9 Å². The molecular formula is C9H18N4OS. The molecule has 1 rings (SSSR count). The van der Waals surface area contributed by atoms with Crippen molar-refractivity contribution in [3.63, 3.8) is 0 Å². The van der Waals surface area contributed by atoms with Gasteiger partial charge in [0.1, 0.15) is 5.01 Å². The second-order valence-corrected chi connectivity index (χ2v) is 4.64. The molecule has 1 heterocycles. The van der Waals surface area contributed by atoms with Crippen molar-refractivity contribution in [2.45, 2.75) is 26.5 Å². The fraction of sp³-hybridized carbons (Fsp3) is 0.778. The van der Waals surface area contributed by atoms with Gasteiger partial charge < -0.3 is 10.4 Å². The van der Waals surface area contributed by atoms with Crippen LogP contribution in [0.5, 0.6) is 0 Å². The quantitative estimate of drug-likeness (QED) is 0.756. The SMILES string of the molecule is CCNc1nnc(CN(C)CC(C)O)s1. The molecule has 0 spiro atoms. The van der Waals surface area contributed by atoms with Gasteiger partial charge in [0.2, 0.25) is 5.13 Å². The van der Waals surface area contributed by atoms with Crippen molar-refractivity contribution in [2.24, 2.45) is 0 Å². The van der Waals surface area contributed by atoms with Crippen molar-refractivity contribution in [2.75, 3.05) is 25.5 Å². The number of hydrogen-bond acceptors (Lipinski definition) is 6. The van der Waals surface area contributed by atoms with E-state index in [9.17, 15) is 5.11 Å². The highest BCUT2D eigenvalue weighted by Crippen LogP contribution is 2.15. The Kier molecular flexibility index (Phi) is 4.93. The molecule has 1 unspecified atom stereocenters. The van der Waals surface area contributed by atoms with Crippen molar-refractivity contribution in [3.8, 4) is 0 Å². The fourth-order valence-corrected chi connectivity index (χ4v) is 2.17. The molecule has 0 saturated heterocycles. The van der Waals surface area contributed by atoms with E-state index in [1.54, 1.807) is 18.3 Å². The summed E-state index contributed by atoms with van der Waals surface area (Å²) >= 11 is 1.56. The van der Waals surface area contributed by atoms with Crippen LogP contribution in [0.3, 0.4) is 0 Å². The second kappa shape index (κ2) is 5.99. The number of nitrogens with zero attached hydrogens (tertiary/aromatic N) is 3. The summed E-state index contributed by atoms with van der Waals surface area (Å²) in [6.45, 7) is 6.05. The second-order valence-electron chi connectivity index (χ2n) is 3.58. The lowest BCUT2D eigenvalue weighted by molar-refractivity contribution is 0.138. The van der Waals surface area contributed by atoms with Crippen LogP contribution in [0.1, 0.15) is 18.9 Å². The third-order valence-corrected chi connectivity index (χ3v) is 2.64. The average molecular weight is 230 g/mol. The number of aromatic nitrogens is 2. The Labute approximate surface area is 94.1 Å². The van der Waals surface area contributed by atoms with Crippen molar-refractivity contribution in [1.82, 2.24) is 15.1 Å². The molecule has 1 atom stereocenters. The van der Waals surface area contributed by atoms with Gasteiger partial charge in [0.25, 0.3) is 0 Å². The first kappa shape index (κ1) is 12.4. The molecule has 15 heavy (non-hydrogen) atoms. The monoisotopic (exact) mass is 230 g/mol. The molecule has 0 fully saturated rings. The normalized spacial score (nSPS) is 13.1. The Hall–Kier alpha value is -0.720. The fourth-order valence-electron chi connectivity index (χ4n) is 1.29. The summed E-state index contributed by atoms with van der Waals surface area (Å²) in [5, 5.41) is 22.2. The van der Waals surface area contributed by atoms with Crippen LogP contribution < -0.4 is 5.32 Å². The van der Waals surface area contributed by atoms with Crippen LogP contribution in [0.25, 0.3) is 0 Å². The van der Waals surface area contributed by atoms with Crippen LogP contribution in [0.15, 0.2) is 0 Å². The highest BCUT2D eigenvalue weighted by Gasteiger charge is 2.08. The van der Waals surface area contributed by atoms with Gasteiger partial charge in [-0.15, -0.1) is 10.2 Å². The number of aliphatic hydroxyl groups is 1. The third-order valence-electron chi connectivity index (χ3n) is 1.78. The number of aliphatic hydroxyl groups excluding tert-OH is 1. The molecule has 6 heteroatoms. The molecule has 0 aromatic carbocycles. The number of nitrogens with one attached hydrogen (secondary N) is 1. The van der Waals surface area contributed by atoms with Gasteiger partial charge in [-0.3, -0.25) is 4.90 Å². The predicted octanol–water partition coefficient (Wildman–Crippen LogP) is 0.782. The number of hydrogen-bond donors (Lipinski definition) is 2. The predicted molar refractivity (Wildman–Crippen MR) is 62.1 cm³/mol. The highest BCUT2D eigenvalue weighted by molar-refractivity contribution is 7.15. The molecular weight excluding hydrogens is 212 g/mol. The molecule has 0 radical (unpaired) electrons. The van der Waals surface area contributed by atoms with E-state index in [0.29, 0.717) is 6.54 Å². The summed E-state index contributed by atoms with van der Waals surface area (Å²) < 4.78 is 0. The zero-order valence-corrected chi connectivity index (χ0v) is 10.2. The van der Waals surface area contributed by atoms with Crippen LogP contribution in [0, 0.1) is 0 Å². The van der Waals surface area contributed by atoms with E-state index >= 15 is 0 Å². The zero-order valence-electron chi connectivity index (χ0n) is 9.40. The maximum Gasteiger partial charge on any atom is 0.205 e. The summed E-state index contributed by atoms with van der Waals surface area (Å²) in [6, 6.07) is 0. The van der Waals surface area contributed by atoms with Crippen LogP contribution in [-0.4, -0.2) is 46.4 Å². The van der Waals surface area contributed by atoms with Crippen molar-refractivity contribution in [1.29, 1.82) is 0 Å². The van der Waals surface area contributed by atoms with E-state index in [1.807, 2.05) is 18.9 Å². The molecule has 1 aromatic heterocycles. The van der Waals surface area contributed by atoms with Crippen molar-refractivity contribution < 1.29 is 5.11 Å². The third kappa shape index (κ3) is 4.55. The summed E-state index contributed by atoms with van der Waals surface area (Å²) in [7, 11) is 1.96. The first-order chi connectivity index (χ1) is 7.11. The minimum atomic E-state index is -0.309. The molecule has 86 valence electrons. The van der Waals surface area contributed by atoms with Gasteiger partial charge >= 0.3 is 0 Å². The first-order valence-corrected chi connectivity index (χ1v) is 5.86. The number of rotatable bonds is 6. The van der Waals surface area contributed by atoms with Crippen LogP contribution in [0.2, 0.25) is 0 Å². The minimum Gasteiger partial charge on any atom is -0.392 e. The molecule has 1 aromatic rings. The molecule has 0 amide bonds. The van der Waals surface area contributed by atoms with E-state index in [-0.39, 0.29) is 6.10 Å². The Morgan fingerprint density at radius 1 is 1.53 bits per heavy atom. The van der Waals surface area contributed by atoms with E-state index in [1.165, 1.54) is 0 Å². The largest absolute Gasteiger partial charge is 0.392 e. The lowest BCUT2D eigenvalue weighted by atomic mass is 10.4. The van der Waals surface area contributed by atoms with E-state index < -0.39 is 0 Å². The van der Waals surface area contributed by atoms with E-state index in [0.717, 1.165) is 23.2 Å². The van der Waals surface area contributed by atoms with Crippen LogP contribution in [-0.2, 0) is 6.54 Å². The molecule has 0 aliphatic rings. The summed E-state index contributed by atoms with van der Waals surface area (Å²) in [5.41, 5.74) is 0. The summed E-state index contributed by atoms with van der Waals surface area (Å²) in [5.74, 6) is 0. The van der Waals surface area contributed by atoms with Crippen LogP contribution >= 0.6 is 11.3 Å². The van der Waals surface area contributed by atoms with Gasteiger partial charge in [0.05, 0.1) is 12.6 Å². The molecule has 2 N–H and O–H groups in total. The van der Waals surface area contributed by atoms with Gasteiger partial charge in [-0.1, -0.05) is 11.3 Å². The lowest BCUT2D eigenvalue weighted by Crippen LogP contribution is -2.26. The van der Waals surface area contributed by atoms with Gasteiger partial charge in [-0.25, -0.2) is 0 Å². The van der Waals surface area contributed by atoms with Crippen molar-refractivity contribution in [3.05, 3.63) is 5.01 Å². The number of anilines is 1. The topological polar surface area (TPSA) is 61.3 Å². The smallest absolute Gasteiger partial charge is 0.205 e. The summed E-state index contributed by atoms with van der Waals surface area (Å²) in [6.07, 6.45) is -0.309. The molecule has 0 bridgehead atoms. The summed E-state index contributed by atoms with van der Waals surface area (Å²) in [4.78, 5) is 2.03. The average Bonchev–Trinajstić information content (AvgIpc) is 2.51. The molecule has 0 saturated carbocycles. The Morgan fingerprint density at radius 3 is 2.87 bits per heavy atom. The standard InChI is InChI=1S/C9H18N4OS/c1-4-10-9-12-11-8(15-9)6-13(3)5-7(2)14/h7,14H,4-6H2,1-3H3,(H,10,12). The first-order valence-electron chi connectivity index (χ1n) is 5.04. The van der Waals surface area contributed by atoms with Gasteiger partial charge in [0.15, 0.2) is 0 Å². The maximum absolute atomic E-state index is 9.20. The molecule has 5 nitrogen and oxygen atoms in total. The Morgan fingerprint density at radius 2 is 2.27 bits per heavy atom. The van der Waals surface area contributed by atoms with Gasteiger partial charge in [0, 0.05) is 13.1 Å². The number of likely N-dealkylation sites (N-methyl/N-ethyl adjacent to an activating group) is 1. The Bertz CT molecular complexity index is 289. The van der Waals surface area contributed by atoms with E-state index in [2.05, 4.69) is 15.5 Å². The molecule has 0 aliphatic heterocycles. The zero-order chi connectivity index (χ0) is 11.3.